The van der Waals surface area contributed by atoms with Crippen molar-refractivity contribution >= 4 is 52.0 Å². The van der Waals surface area contributed by atoms with Crippen LogP contribution in [0.15, 0.2) is 34.6 Å². The monoisotopic (exact) mass is 540 g/mol. The molecule has 2 amide bonds. The van der Waals surface area contributed by atoms with Crippen molar-refractivity contribution in [3.05, 3.63) is 57.0 Å². The molecule has 3 aromatic heterocycles. The molecule has 1 fully saturated rings. The minimum absolute atomic E-state index is 0.0549. The zero-order chi connectivity index (χ0) is 27.6. The van der Waals surface area contributed by atoms with E-state index in [-0.39, 0.29) is 34.6 Å². The third kappa shape index (κ3) is 5.99. The van der Waals surface area contributed by atoms with E-state index in [0.717, 1.165) is 11.8 Å². The number of piperidine rings is 1. The lowest BCUT2D eigenvalue weighted by atomic mass is 9.93. The number of pyridine rings is 1. The van der Waals surface area contributed by atoms with Gasteiger partial charge in [-0.15, -0.1) is 11.3 Å². The summed E-state index contributed by atoms with van der Waals surface area (Å²) in [6.45, 7) is 6.81. The molecule has 1 saturated heterocycles. The fourth-order valence-corrected chi connectivity index (χ4v) is 4.99. The van der Waals surface area contributed by atoms with Gasteiger partial charge in [0.15, 0.2) is 5.13 Å². The van der Waals surface area contributed by atoms with Crippen molar-refractivity contribution in [1.82, 2.24) is 14.4 Å². The fourth-order valence-electron chi connectivity index (χ4n) is 4.06. The van der Waals surface area contributed by atoms with Crippen LogP contribution in [0.5, 0.6) is 0 Å². The van der Waals surface area contributed by atoms with Crippen molar-refractivity contribution in [1.29, 1.82) is 0 Å². The van der Waals surface area contributed by atoms with Crippen molar-refractivity contribution in [3.8, 4) is 0 Å². The highest BCUT2D eigenvalue weighted by atomic mass is 32.1. The minimum atomic E-state index is -1.22. The zero-order valence-electron chi connectivity index (χ0n) is 21.1. The summed E-state index contributed by atoms with van der Waals surface area (Å²) in [7, 11) is 0. The van der Waals surface area contributed by atoms with E-state index in [0.29, 0.717) is 24.5 Å². The molecule has 38 heavy (non-hydrogen) atoms. The number of thiazole rings is 1. The Morgan fingerprint density at radius 3 is 2.71 bits per heavy atom. The summed E-state index contributed by atoms with van der Waals surface area (Å²) >= 11 is 1.32. The molecule has 0 radical (unpaired) electrons. The van der Waals surface area contributed by atoms with Crippen LogP contribution in [0, 0.1) is 0 Å². The molecule has 0 saturated carbocycles. The Hall–Kier alpha value is -4.26. The number of fused-ring (bicyclic) bond motifs is 1. The van der Waals surface area contributed by atoms with Gasteiger partial charge in [0, 0.05) is 35.2 Å². The van der Waals surface area contributed by atoms with E-state index in [1.54, 1.807) is 4.90 Å². The van der Waals surface area contributed by atoms with Crippen LogP contribution in [0.25, 0.3) is 11.7 Å². The average Bonchev–Trinajstić information content (AvgIpc) is 3.32. The van der Waals surface area contributed by atoms with E-state index < -0.39 is 29.6 Å². The lowest BCUT2D eigenvalue weighted by Gasteiger charge is -2.33. The number of primary amides is 1. The van der Waals surface area contributed by atoms with Gasteiger partial charge in [-0.25, -0.2) is 19.6 Å². The number of carboxylic acid groups (broad SMARTS) is 1. The van der Waals surface area contributed by atoms with E-state index in [4.69, 9.17) is 15.6 Å². The van der Waals surface area contributed by atoms with Crippen LogP contribution in [-0.2, 0) is 14.9 Å². The molecule has 13 heteroatoms. The maximum atomic E-state index is 13.4. The number of aromatic nitrogens is 3. The average molecular weight is 541 g/mol. The number of nitrogens with one attached hydrogen (secondary N) is 1. The highest BCUT2D eigenvalue weighted by Crippen LogP contribution is 2.27. The van der Waals surface area contributed by atoms with Gasteiger partial charge in [-0.1, -0.05) is 20.8 Å². The van der Waals surface area contributed by atoms with Gasteiger partial charge < -0.3 is 20.5 Å². The molecular formula is C25H28N6O6S. The number of ether oxygens (including phenoxy) is 1. The third-order valence-electron chi connectivity index (χ3n) is 5.95. The number of hydrogen-bond acceptors (Lipinski definition) is 9. The van der Waals surface area contributed by atoms with E-state index in [2.05, 4.69) is 15.3 Å². The number of carbonyl (C=O) groups is 3. The summed E-state index contributed by atoms with van der Waals surface area (Å²) < 4.78 is 6.38. The van der Waals surface area contributed by atoms with Crippen LogP contribution >= 0.6 is 11.3 Å². The van der Waals surface area contributed by atoms with E-state index in [1.807, 2.05) is 26.2 Å². The van der Waals surface area contributed by atoms with Gasteiger partial charge in [-0.2, -0.15) is 0 Å². The Morgan fingerprint density at radius 2 is 2.05 bits per heavy atom. The summed E-state index contributed by atoms with van der Waals surface area (Å²) in [6, 6.07) is 2.95. The molecule has 0 aliphatic carbocycles. The van der Waals surface area contributed by atoms with E-state index in [9.17, 15) is 19.2 Å². The van der Waals surface area contributed by atoms with Gasteiger partial charge in [0.2, 0.25) is 0 Å². The predicted molar refractivity (Wildman–Crippen MR) is 143 cm³/mol. The second-order valence-electron chi connectivity index (χ2n) is 9.86. The lowest BCUT2D eigenvalue weighted by molar-refractivity contribution is -0.131. The molecule has 1 atom stereocenters. The molecule has 1 aliphatic rings. The molecular weight excluding hydrogens is 512 g/mol. The minimum Gasteiger partial charge on any atom is -0.478 e. The van der Waals surface area contributed by atoms with Crippen molar-refractivity contribution in [2.75, 3.05) is 23.3 Å². The number of carboxylic acids is 1. The third-order valence-corrected chi connectivity index (χ3v) is 6.71. The first kappa shape index (κ1) is 26.8. The Bertz CT molecular complexity index is 1490. The van der Waals surface area contributed by atoms with Crippen LogP contribution in [0.2, 0.25) is 0 Å². The van der Waals surface area contributed by atoms with Gasteiger partial charge in [-0.3, -0.25) is 19.3 Å². The molecule has 1 unspecified atom stereocenters. The van der Waals surface area contributed by atoms with E-state index in [1.165, 1.54) is 40.1 Å². The van der Waals surface area contributed by atoms with Gasteiger partial charge in [0.25, 0.3) is 11.5 Å². The normalized spacial score (nSPS) is 16.1. The van der Waals surface area contributed by atoms with Crippen LogP contribution in [0.3, 0.4) is 0 Å². The van der Waals surface area contributed by atoms with Crippen molar-refractivity contribution < 1.29 is 24.2 Å². The first-order chi connectivity index (χ1) is 17.9. The highest BCUT2D eigenvalue weighted by molar-refractivity contribution is 7.14. The zero-order valence-corrected chi connectivity index (χ0v) is 21.9. The smallest absolute Gasteiger partial charge is 0.404 e. The van der Waals surface area contributed by atoms with Crippen molar-refractivity contribution in [3.63, 3.8) is 0 Å². The number of hydrogen-bond donors (Lipinski definition) is 3. The number of nitrogens with two attached hydrogens (primary N) is 1. The molecule has 4 N–H and O–H groups in total. The molecule has 0 spiro atoms. The quantitative estimate of drug-likeness (QED) is 0.398. The Balaban J connectivity index is 1.72. The number of nitrogens with zero attached hydrogens (tertiary/aromatic N) is 4. The van der Waals surface area contributed by atoms with E-state index >= 15 is 0 Å². The standard InChI is InChI=1S/C25H28N6O6S/c1-25(2,3)17-13-38-24(27-17)29-21(34)14-8-10-31-18(11-14)28-20(16(22(31)35)6-7-19(32)33)30-9-4-5-15(12-30)37-23(26)36/h6-8,10-11,13,15H,4-5,9,12H2,1-3H3,(H2,26,36)(H,32,33)(H,27,29,34). The lowest BCUT2D eigenvalue weighted by Crippen LogP contribution is -2.43. The number of aliphatic carboxylic acids is 1. The molecule has 3 aromatic rings. The number of amides is 2. The number of rotatable bonds is 6. The fraction of sp³-hybridized carbons (Fsp3) is 0.360. The maximum Gasteiger partial charge on any atom is 0.404 e. The summed E-state index contributed by atoms with van der Waals surface area (Å²) in [6.07, 6.45) is 3.27. The first-order valence-corrected chi connectivity index (χ1v) is 12.8. The predicted octanol–water partition coefficient (Wildman–Crippen LogP) is 2.86. The van der Waals surface area contributed by atoms with Crippen LogP contribution in [-0.4, -0.2) is 56.6 Å². The second-order valence-corrected chi connectivity index (χ2v) is 10.7. The molecule has 12 nitrogen and oxygen atoms in total. The Labute approximate surface area is 221 Å². The van der Waals surface area contributed by atoms with Crippen LogP contribution < -0.4 is 21.5 Å². The summed E-state index contributed by atoms with van der Waals surface area (Å²) in [5, 5.41) is 14.3. The van der Waals surface area contributed by atoms with Gasteiger partial charge in [-0.05, 0) is 31.1 Å². The Kier molecular flexibility index (Phi) is 7.49. The first-order valence-electron chi connectivity index (χ1n) is 11.9. The molecule has 4 heterocycles. The maximum absolute atomic E-state index is 13.4. The number of carbonyl (C=O) groups excluding carboxylic acids is 2. The molecule has 0 bridgehead atoms. The second kappa shape index (κ2) is 10.6. The van der Waals surface area contributed by atoms with Crippen LogP contribution in [0.1, 0.15) is 55.2 Å². The molecule has 4 rings (SSSR count). The SMILES string of the molecule is CC(C)(C)c1csc(NC(=O)c2ccn3c(=O)c(C=CC(=O)O)c(N4CCCC(OC(N)=O)C4)nc3c2)n1. The highest BCUT2D eigenvalue weighted by Gasteiger charge is 2.26. The topological polar surface area (TPSA) is 169 Å². The number of anilines is 2. The van der Waals surface area contributed by atoms with Gasteiger partial charge >= 0.3 is 12.1 Å². The van der Waals surface area contributed by atoms with Gasteiger partial charge in [0.05, 0.1) is 17.8 Å². The Morgan fingerprint density at radius 1 is 1.29 bits per heavy atom. The largest absolute Gasteiger partial charge is 0.478 e. The summed E-state index contributed by atoms with van der Waals surface area (Å²) in [4.78, 5) is 59.6. The summed E-state index contributed by atoms with van der Waals surface area (Å²) in [5.41, 5.74) is 5.87. The molecule has 1 aliphatic heterocycles. The van der Waals surface area contributed by atoms with Crippen molar-refractivity contribution in [2.24, 2.45) is 5.73 Å². The van der Waals surface area contributed by atoms with Gasteiger partial charge in [0.1, 0.15) is 17.6 Å². The van der Waals surface area contributed by atoms with Crippen molar-refractivity contribution in [2.45, 2.75) is 45.1 Å². The van der Waals surface area contributed by atoms with Crippen LogP contribution in [0.4, 0.5) is 15.7 Å². The molecule has 0 aromatic carbocycles. The molecule has 200 valence electrons. The summed E-state index contributed by atoms with van der Waals surface area (Å²) in [5.74, 6) is -1.42.